The first-order valence-electron chi connectivity index (χ1n) is 12.2. The van der Waals surface area contributed by atoms with Crippen LogP contribution in [0.2, 0.25) is 0 Å². The van der Waals surface area contributed by atoms with E-state index in [1.54, 1.807) is 0 Å². The Kier molecular flexibility index (Phi) is 15.8. The fourth-order valence-corrected chi connectivity index (χ4v) is 3.21. The molecule has 0 aromatic carbocycles. The molecule has 0 spiro atoms. The second kappa shape index (κ2) is 16.4. The highest BCUT2D eigenvalue weighted by molar-refractivity contribution is 5.87. The Morgan fingerprint density at radius 3 is 1.78 bits per heavy atom. The van der Waals surface area contributed by atoms with E-state index in [0.717, 1.165) is 19.3 Å². The number of ether oxygens (including phenoxy) is 2. The lowest BCUT2D eigenvalue weighted by Gasteiger charge is -2.37. The van der Waals surface area contributed by atoms with Crippen LogP contribution in [0.1, 0.15) is 84.0 Å². The summed E-state index contributed by atoms with van der Waals surface area (Å²) >= 11 is 0. The van der Waals surface area contributed by atoms with Gasteiger partial charge in [-0.15, -0.1) is 0 Å². The molecule has 0 atom stereocenters. The first-order valence-corrected chi connectivity index (χ1v) is 12.2. The van der Waals surface area contributed by atoms with Crippen molar-refractivity contribution in [1.29, 1.82) is 0 Å². The van der Waals surface area contributed by atoms with Gasteiger partial charge in [0, 0.05) is 26.1 Å². The molecule has 0 unspecified atom stereocenters. The molecule has 0 saturated carbocycles. The Morgan fingerprint density at radius 2 is 1.22 bits per heavy atom. The Bertz CT molecular complexity index is 642. The third-order valence-electron chi connectivity index (χ3n) is 5.54. The largest absolute Gasteiger partial charge is 0.462 e. The fourth-order valence-electron chi connectivity index (χ4n) is 3.21. The van der Waals surface area contributed by atoms with Gasteiger partial charge in [-0.05, 0) is 25.7 Å². The second-order valence-corrected chi connectivity index (χ2v) is 8.76. The molecule has 0 aliphatic heterocycles. The van der Waals surface area contributed by atoms with Crippen LogP contribution in [0.5, 0.6) is 0 Å². The van der Waals surface area contributed by atoms with E-state index >= 15 is 0 Å². The molecule has 0 aromatic heterocycles. The minimum atomic E-state index is -6.31. The third-order valence-corrected chi connectivity index (χ3v) is 5.54. The Hall–Kier alpha value is -1.43. The molecule has 0 aromatic rings. The normalized spacial score (nSPS) is 13.2. The number of hydrogen-bond acceptors (Lipinski definition) is 4. The summed E-state index contributed by atoms with van der Waals surface area (Å²) in [6.45, 7) is 4.52. The standard InChI is InChI=1S/C24H38F8O4/c1-3-4-5-6-9-13-21(25,26)23(29,30)24(31,32)22(27,28)14-12-17-36-20(34)19(2)18-35-16-11-8-7-10-15-33/h33H,2-18H2,1H3. The van der Waals surface area contributed by atoms with E-state index in [9.17, 15) is 39.9 Å². The molecule has 1 N–H and O–H groups in total. The lowest BCUT2D eigenvalue weighted by molar-refractivity contribution is -0.368. The van der Waals surface area contributed by atoms with Crippen LogP contribution < -0.4 is 0 Å². The van der Waals surface area contributed by atoms with Crippen LogP contribution in [0.25, 0.3) is 0 Å². The first-order chi connectivity index (χ1) is 16.7. The molecular weight excluding hydrogens is 504 g/mol. The second-order valence-electron chi connectivity index (χ2n) is 8.76. The van der Waals surface area contributed by atoms with Gasteiger partial charge in [-0.25, -0.2) is 4.79 Å². The molecule has 0 aliphatic rings. The number of carbonyl (C=O) groups excluding carboxylic acids is 1. The average Bonchev–Trinajstić information content (AvgIpc) is 2.80. The van der Waals surface area contributed by atoms with Crippen molar-refractivity contribution >= 4 is 5.97 Å². The van der Waals surface area contributed by atoms with Crippen LogP contribution in [0.4, 0.5) is 35.1 Å². The molecule has 0 fully saturated rings. The molecule has 0 bridgehead atoms. The number of halogens is 8. The summed E-state index contributed by atoms with van der Waals surface area (Å²) in [7, 11) is 0. The van der Waals surface area contributed by atoms with Gasteiger partial charge in [0.15, 0.2) is 0 Å². The van der Waals surface area contributed by atoms with Crippen molar-refractivity contribution in [3.8, 4) is 0 Å². The van der Waals surface area contributed by atoms with Crippen LogP contribution >= 0.6 is 0 Å². The number of unbranched alkanes of at least 4 members (excludes halogenated alkanes) is 7. The lowest BCUT2D eigenvalue weighted by atomic mass is 9.92. The summed E-state index contributed by atoms with van der Waals surface area (Å²) in [4.78, 5) is 11.7. The van der Waals surface area contributed by atoms with E-state index in [0.29, 0.717) is 25.7 Å². The molecule has 0 saturated heterocycles. The average molecular weight is 543 g/mol. The first kappa shape index (κ1) is 34.6. The quantitative estimate of drug-likeness (QED) is 0.0673. The highest BCUT2D eigenvalue weighted by atomic mass is 19.4. The predicted octanol–water partition coefficient (Wildman–Crippen LogP) is 7.34. The van der Waals surface area contributed by atoms with Crippen molar-refractivity contribution in [3.63, 3.8) is 0 Å². The SMILES string of the molecule is C=C(COCCCCCCO)C(=O)OCCCC(F)(F)C(F)(F)C(F)(F)C(F)(F)CCCCCCC. The van der Waals surface area contributed by atoms with Crippen LogP contribution in [-0.2, 0) is 14.3 Å². The van der Waals surface area contributed by atoms with Crippen LogP contribution in [0.15, 0.2) is 12.2 Å². The van der Waals surface area contributed by atoms with Gasteiger partial charge in [-0.1, -0.05) is 52.0 Å². The van der Waals surface area contributed by atoms with Crippen molar-refractivity contribution in [1.82, 2.24) is 0 Å². The number of aliphatic hydroxyl groups is 1. The molecule has 0 amide bonds. The number of aliphatic hydroxyl groups excluding tert-OH is 1. The highest BCUT2D eigenvalue weighted by Gasteiger charge is 2.79. The van der Waals surface area contributed by atoms with Gasteiger partial charge in [0.1, 0.15) is 0 Å². The van der Waals surface area contributed by atoms with Crippen LogP contribution in [0, 0.1) is 0 Å². The Morgan fingerprint density at radius 1 is 0.722 bits per heavy atom. The van der Waals surface area contributed by atoms with E-state index in [4.69, 9.17) is 9.84 Å². The van der Waals surface area contributed by atoms with E-state index in [2.05, 4.69) is 11.3 Å². The molecule has 4 nitrogen and oxygen atoms in total. The maximum atomic E-state index is 14.0. The topological polar surface area (TPSA) is 55.8 Å². The summed E-state index contributed by atoms with van der Waals surface area (Å²) in [5, 5.41) is 8.66. The predicted molar refractivity (Wildman–Crippen MR) is 119 cm³/mol. The van der Waals surface area contributed by atoms with Gasteiger partial charge in [-0.2, -0.15) is 35.1 Å². The fraction of sp³-hybridized carbons (Fsp3) is 0.875. The number of esters is 1. The maximum absolute atomic E-state index is 14.0. The van der Waals surface area contributed by atoms with Gasteiger partial charge in [0.05, 0.1) is 18.8 Å². The van der Waals surface area contributed by atoms with Crippen molar-refractivity contribution in [2.45, 2.75) is 108 Å². The van der Waals surface area contributed by atoms with Gasteiger partial charge in [0.25, 0.3) is 0 Å². The van der Waals surface area contributed by atoms with Crippen LogP contribution in [-0.4, -0.2) is 61.2 Å². The smallest absolute Gasteiger partial charge is 0.378 e. The third kappa shape index (κ3) is 10.9. The summed E-state index contributed by atoms with van der Waals surface area (Å²) in [6.07, 6.45) is -0.183. The number of hydrogen-bond donors (Lipinski definition) is 1. The van der Waals surface area contributed by atoms with E-state index < -0.39 is 61.9 Å². The molecule has 0 radical (unpaired) electrons. The summed E-state index contributed by atoms with van der Waals surface area (Å²) in [5.74, 6) is -24.4. The van der Waals surface area contributed by atoms with Gasteiger partial charge in [0.2, 0.25) is 0 Å². The van der Waals surface area contributed by atoms with Crippen molar-refractivity contribution in [2.24, 2.45) is 0 Å². The van der Waals surface area contributed by atoms with E-state index in [1.807, 2.05) is 6.92 Å². The summed E-state index contributed by atoms with van der Waals surface area (Å²) in [6, 6.07) is 0. The number of carbonyl (C=O) groups is 1. The maximum Gasteiger partial charge on any atom is 0.378 e. The van der Waals surface area contributed by atoms with Crippen molar-refractivity contribution in [3.05, 3.63) is 12.2 Å². The summed E-state index contributed by atoms with van der Waals surface area (Å²) in [5.41, 5.74) is -0.174. The zero-order valence-corrected chi connectivity index (χ0v) is 20.7. The number of rotatable bonds is 22. The highest BCUT2D eigenvalue weighted by Crippen LogP contribution is 2.55. The van der Waals surface area contributed by atoms with Gasteiger partial charge >= 0.3 is 29.7 Å². The zero-order chi connectivity index (χ0) is 27.9. The van der Waals surface area contributed by atoms with Crippen molar-refractivity contribution in [2.75, 3.05) is 26.4 Å². The monoisotopic (exact) mass is 542 g/mol. The molecule has 214 valence electrons. The van der Waals surface area contributed by atoms with E-state index in [1.165, 1.54) is 0 Å². The van der Waals surface area contributed by atoms with Gasteiger partial charge < -0.3 is 14.6 Å². The molecule has 0 aliphatic carbocycles. The Balaban J connectivity index is 4.59. The van der Waals surface area contributed by atoms with Crippen molar-refractivity contribution < 1.29 is 54.5 Å². The minimum Gasteiger partial charge on any atom is -0.462 e. The number of alkyl halides is 8. The Labute approximate surface area is 207 Å². The minimum absolute atomic E-state index is 0.0845. The lowest BCUT2D eigenvalue weighted by Crippen LogP contribution is -2.62. The van der Waals surface area contributed by atoms with E-state index in [-0.39, 0.29) is 31.8 Å². The zero-order valence-electron chi connectivity index (χ0n) is 20.7. The molecular formula is C24H38F8O4. The van der Waals surface area contributed by atoms with Crippen LogP contribution in [0.3, 0.4) is 0 Å². The van der Waals surface area contributed by atoms with Gasteiger partial charge in [-0.3, -0.25) is 0 Å². The molecule has 0 rings (SSSR count). The molecule has 12 heteroatoms. The molecule has 0 heterocycles. The molecule has 36 heavy (non-hydrogen) atoms. The summed E-state index contributed by atoms with van der Waals surface area (Å²) < 4.78 is 121.